The smallest absolute Gasteiger partial charge is 0.317 e. The molecule has 2 aliphatic heterocycles. The maximum absolute atomic E-state index is 12.5. The van der Waals surface area contributed by atoms with Crippen LogP contribution in [-0.2, 0) is 4.74 Å². The van der Waals surface area contributed by atoms with Crippen LogP contribution in [0, 0.1) is 0 Å². The number of nitrogens with one attached hydrogen (secondary N) is 2. The summed E-state index contributed by atoms with van der Waals surface area (Å²) in [5.41, 5.74) is 1.80. The first-order valence-corrected chi connectivity index (χ1v) is 10.1. The van der Waals surface area contributed by atoms with E-state index < -0.39 is 0 Å². The Bertz CT molecular complexity index is 656. The van der Waals surface area contributed by atoms with Crippen LogP contribution in [0.15, 0.2) is 24.3 Å². The molecule has 2 N–H and O–H groups in total. The molecule has 2 atom stereocenters. The SMILES string of the molecule is CC(C)NC(=O)N1CCC[C@H](c2cccc(C(=O)NC[C@@H]3CCCO3)c2)C1. The molecule has 0 aromatic heterocycles. The molecule has 6 heteroatoms. The van der Waals surface area contributed by atoms with Crippen molar-refractivity contribution in [3.8, 4) is 0 Å². The quantitative estimate of drug-likeness (QED) is 0.834. The fourth-order valence-corrected chi connectivity index (χ4v) is 3.82. The van der Waals surface area contributed by atoms with Crippen LogP contribution in [0.4, 0.5) is 4.79 Å². The minimum absolute atomic E-state index is 0.000149. The van der Waals surface area contributed by atoms with Crippen LogP contribution in [0.1, 0.15) is 61.4 Å². The number of hydrogen-bond donors (Lipinski definition) is 2. The van der Waals surface area contributed by atoms with E-state index in [0.29, 0.717) is 18.7 Å². The van der Waals surface area contributed by atoms with Gasteiger partial charge >= 0.3 is 6.03 Å². The number of benzene rings is 1. The molecular weight excluding hydrogens is 342 g/mol. The Labute approximate surface area is 161 Å². The third-order valence-corrected chi connectivity index (χ3v) is 5.26. The second-order valence-electron chi connectivity index (χ2n) is 7.86. The molecule has 2 aliphatic rings. The third-order valence-electron chi connectivity index (χ3n) is 5.26. The first-order chi connectivity index (χ1) is 13.0. The molecule has 0 spiro atoms. The van der Waals surface area contributed by atoms with Gasteiger partial charge in [0.15, 0.2) is 0 Å². The maximum Gasteiger partial charge on any atom is 0.317 e. The number of carbonyl (C=O) groups excluding carboxylic acids is 2. The van der Waals surface area contributed by atoms with Gasteiger partial charge in [-0.15, -0.1) is 0 Å². The van der Waals surface area contributed by atoms with Crippen molar-refractivity contribution in [1.82, 2.24) is 15.5 Å². The summed E-state index contributed by atoms with van der Waals surface area (Å²) in [6, 6.07) is 7.95. The zero-order valence-corrected chi connectivity index (χ0v) is 16.4. The number of ether oxygens (including phenoxy) is 1. The summed E-state index contributed by atoms with van der Waals surface area (Å²) < 4.78 is 5.56. The first kappa shape index (κ1) is 19.7. The van der Waals surface area contributed by atoms with Crippen molar-refractivity contribution in [3.63, 3.8) is 0 Å². The third kappa shape index (κ3) is 5.45. The molecule has 2 heterocycles. The second-order valence-corrected chi connectivity index (χ2v) is 7.86. The van der Waals surface area contributed by atoms with E-state index in [9.17, 15) is 9.59 Å². The van der Waals surface area contributed by atoms with Gasteiger partial charge in [-0.25, -0.2) is 4.79 Å². The lowest BCUT2D eigenvalue weighted by atomic mass is 9.89. The molecule has 3 rings (SSSR count). The molecule has 0 aliphatic carbocycles. The van der Waals surface area contributed by atoms with Crippen molar-refractivity contribution in [2.45, 2.75) is 57.6 Å². The molecule has 0 unspecified atom stereocenters. The monoisotopic (exact) mass is 373 g/mol. The zero-order valence-electron chi connectivity index (χ0n) is 16.4. The number of likely N-dealkylation sites (tertiary alicyclic amines) is 1. The summed E-state index contributed by atoms with van der Waals surface area (Å²) in [5, 5.41) is 5.95. The molecule has 148 valence electrons. The number of piperidine rings is 1. The number of nitrogens with zero attached hydrogens (tertiary/aromatic N) is 1. The maximum atomic E-state index is 12.5. The lowest BCUT2D eigenvalue weighted by Gasteiger charge is -2.33. The van der Waals surface area contributed by atoms with Gasteiger partial charge in [0.05, 0.1) is 6.10 Å². The van der Waals surface area contributed by atoms with Gasteiger partial charge in [-0.05, 0) is 57.2 Å². The molecular formula is C21H31N3O3. The Morgan fingerprint density at radius 3 is 2.85 bits per heavy atom. The Morgan fingerprint density at radius 2 is 2.11 bits per heavy atom. The van der Waals surface area contributed by atoms with Gasteiger partial charge in [-0.1, -0.05) is 12.1 Å². The van der Waals surface area contributed by atoms with Crippen molar-refractivity contribution < 1.29 is 14.3 Å². The molecule has 2 fully saturated rings. The lowest BCUT2D eigenvalue weighted by Crippen LogP contribution is -2.47. The molecule has 6 nitrogen and oxygen atoms in total. The van der Waals surface area contributed by atoms with E-state index in [-0.39, 0.29) is 30.0 Å². The van der Waals surface area contributed by atoms with E-state index >= 15 is 0 Å². The van der Waals surface area contributed by atoms with E-state index in [1.54, 1.807) is 0 Å². The molecule has 27 heavy (non-hydrogen) atoms. The molecule has 0 bridgehead atoms. The minimum Gasteiger partial charge on any atom is -0.376 e. The van der Waals surface area contributed by atoms with Crippen LogP contribution in [0.3, 0.4) is 0 Å². The summed E-state index contributed by atoms with van der Waals surface area (Å²) >= 11 is 0. The van der Waals surface area contributed by atoms with Crippen LogP contribution in [0.2, 0.25) is 0 Å². The van der Waals surface area contributed by atoms with E-state index in [1.165, 1.54) is 0 Å². The summed E-state index contributed by atoms with van der Waals surface area (Å²) in [7, 11) is 0. The number of hydrogen-bond acceptors (Lipinski definition) is 3. The summed E-state index contributed by atoms with van der Waals surface area (Å²) in [6.45, 7) is 6.78. The Hall–Kier alpha value is -2.08. The highest BCUT2D eigenvalue weighted by atomic mass is 16.5. The largest absolute Gasteiger partial charge is 0.376 e. The van der Waals surface area contributed by atoms with Crippen molar-refractivity contribution in [1.29, 1.82) is 0 Å². The highest BCUT2D eigenvalue weighted by molar-refractivity contribution is 5.94. The average Bonchev–Trinajstić information content (AvgIpc) is 3.19. The van der Waals surface area contributed by atoms with E-state index in [1.807, 2.05) is 36.9 Å². The second kappa shape index (κ2) is 9.22. The molecule has 0 saturated carbocycles. The van der Waals surface area contributed by atoms with Gasteiger partial charge < -0.3 is 20.3 Å². The normalized spacial score (nSPS) is 22.7. The molecule has 3 amide bonds. The van der Waals surface area contributed by atoms with Gasteiger partial charge in [-0.2, -0.15) is 0 Å². The van der Waals surface area contributed by atoms with Crippen LogP contribution in [0.5, 0.6) is 0 Å². The predicted octanol–water partition coefficient (Wildman–Crippen LogP) is 2.89. The molecule has 1 aromatic carbocycles. The standard InChI is InChI=1S/C21H31N3O3/c1-15(2)23-21(26)24-10-4-8-18(14-24)16-6-3-7-17(12-16)20(25)22-13-19-9-5-11-27-19/h3,6-7,12,15,18-19H,4-5,8-11,13-14H2,1-2H3,(H,22,25)(H,23,26)/t18-,19-/m0/s1. The first-order valence-electron chi connectivity index (χ1n) is 10.1. The Kier molecular flexibility index (Phi) is 6.72. The number of amides is 3. The predicted molar refractivity (Wildman–Crippen MR) is 105 cm³/mol. The van der Waals surface area contributed by atoms with Gasteiger partial charge in [0.25, 0.3) is 5.91 Å². The van der Waals surface area contributed by atoms with Crippen molar-refractivity contribution in [3.05, 3.63) is 35.4 Å². The summed E-state index contributed by atoms with van der Waals surface area (Å²) in [5.74, 6) is 0.208. The van der Waals surface area contributed by atoms with Crippen molar-refractivity contribution >= 4 is 11.9 Å². The van der Waals surface area contributed by atoms with E-state index in [2.05, 4.69) is 16.7 Å². The highest BCUT2D eigenvalue weighted by Crippen LogP contribution is 2.27. The van der Waals surface area contributed by atoms with Gasteiger partial charge in [0.2, 0.25) is 0 Å². The fraction of sp³-hybridized carbons (Fsp3) is 0.619. The highest BCUT2D eigenvalue weighted by Gasteiger charge is 2.25. The Morgan fingerprint density at radius 1 is 1.26 bits per heavy atom. The summed E-state index contributed by atoms with van der Waals surface area (Å²) in [4.78, 5) is 26.7. The van der Waals surface area contributed by atoms with Gasteiger partial charge in [0, 0.05) is 43.8 Å². The molecule has 2 saturated heterocycles. The molecule has 1 aromatic rings. The van der Waals surface area contributed by atoms with Crippen LogP contribution in [0.25, 0.3) is 0 Å². The van der Waals surface area contributed by atoms with E-state index in [0.717, 1.165) is 44.4 Å². The van der Waals surface area contributed by atoms with E-state index in [4.69, 9.17) is 4.74 Å². The summed E-state index contributed by atoms with van der Waals surface area (Å²) in [6.07, 6.45) is 4.23. The van der Waals surface area contributed by atoms with Gasteiger partial charge in [-0.3, -0.25) is 4.79 Å². The van der Waals surface area contributed by atoms with Crippen LogP contribution < -0.4 is 10.6 Å². The number of carbonyl (C=O) groups is 2. The van der Waals surface area contributed by atoms with Crippen molar-refractivity contribution in [2.24, 2.45) is 0 Å². The van der Waals surface area contributed by atoms with Crippen LogP contribution >= 0.6 is 0 Å². The minimum atomic E-state index is -0.0578. The van der Waals surface area contributed by atoms with Crippen molar-refractivity contribution in [2.75, 3.05) is 26.2 Å². The van der Waals surface area contributed by atoms with Crippen LogP contribution in [-0.4, -0.2) is 55.2 Å². The topological polar surface area (TPSA) is 70.7 Å². The number of rotatable bonds is 5. The fourth-order valence-electron chi connectivity index (χ4n) is 3.82. The van der Waals surface area contributed by atoms with Gasteiger partial charge in [0.1, 0.15) is 0 Å². The number of urea groups is 1. The Balaban J connectivity index is 1.60. The zero-order chi connectivity index (χ0) is 19.2. The average molecular weight is 373 g/mol. The molecule has 0 radical (unpaired) electrons. The lowest BCUT2D eigenvalue weighted by molar-refractivity contribution is 0.0857.